The average molecular weight is 398 g/mol. The smallest absolute Gasteiger partial charge is 0.326 e. The van der Waals surface area contributed by atoms with E-state index in [0.29, 0.717) is 5.56 Å². The van der Waals surface area contributed by atoms with E-state index in [2.05, 4.69) is 23.3 Å². The summed E-state index contributed by atoms with van der Waals surface area (Å²) in [7, 11) is 0. The number of carboxylic acid groups (broad SMARTS) is 1. The van der Waals surface area contributed by atoms with Crippen molar-refractivity contribution in [1.29, 1.82) is 0 Å². The van der Waals surface area contributed by atoms with Gasteiger partial charge in [-0.2, -0.15) is 12.6 Å². The SMILES string of the molecule is NC(=O)CC(N)C(=O)NC(CS)C(=O)NC(Cc1ccc(O)cc1)C(=O)O. The summed E-state index contributed by atoms with van der Waals surface area (Å²) >= 11 is 3.97. The van der Waals surface area contributed by atoms with Gasteiger partial charge in [0, 0.05) is 12.2 Å². The quantitative estimate of drug-likeness (QED) is 0.225. The number of aliphatic carboxylic acids is 1. The zero-order valence-electron chi connectivity index (χ0n) is 14.3. The number of rotatable bonds is 10. The Balaban J connectivity index is 2.74. The van der Waals surface area contributed by atoms with Gasteiger partial charge in [-0.3, -0.25) is 14.4 Å². The molecule has 27 heavy (non-hydrogen) atoms. The highest BCUT2D eigenvalue weighted by Crippen LogP contribution is 2.11. The number of carboxylic acids is 1. The van der Waals surface area contributed by atoms with Gasteiger partial charge in [-0.15, -0.1) is 0 Å². The van der Waals surface area contributed by atoms with Crippen LogP contribution < -0.4 is 22.1 Å². The van der Waals surface area contributed by atoms with Crippen LogP contribution in [0.5, 0.6) is 5.75 Å². The third kappa shape index (κ3) is 7.54. The summed E-state index contributed by atoms with van der Waals surface area (Å²) in [6, 6.07) is 2.20. The molecule has 1 aromatic rings. The number of phenolic OH excluding ortho intramolecular Hbond substituents is 1. The molecule has 0 aliphatic heterocycles. The molecule has 0 bridgehead atoms. The molecule has 3 unspecified atom stereocenters. The Kier molecular flexibility index (Phi) is 8.56. The molecule has 0 saturated heterocycles. The Morgan fingerprint density at radius 2 is 1.59 bits per heavy atom. The maximum atomic E-state index is 12.3. The molecular weight excluding hydrogens is 376 g/mol. The Morgan fingerprint density at radius 3 is 2.07 bits per heavy atom. The molecule has 0 heterocycles. The number of hydrogen-bond donors (Lipinski definition) is 7. The second-order valence-electron chi connectivity index (χ2n) is 5.79. The molecule has 0 aliphatic rings. The summed E-state index contributed by atoms with van der Waals surface area (Å²) in [6.45, 7) is 0. The number of aromatic hydroxyl groups is 1. The summed E-state index contributed by atoms with van der Waals surface area (Å²) in [5.41, 5.74) is 11.0. The molecule has 0 fully saturated rings. The van der Waals surface area contributed by atoms with Crippen LogP contribution in [0.2, 0.25) is 0 Å². The van der Waals surface area contributed by atoms with Gasteiger partial charge >= 0.3 is 5.97 Å². The molecule has 10 nitrogen and oxygen atoms in total. The first-order valence-corrected chi connectivity index (χ1v) is 8.53. The molecule has 0 radical (unpaired) electrons. The number of phenols is 1. The molecule has 1 rings (SSSR count). The van der Waals surface area contributed by atoms with E-state index >= 15 is 0 Å². The fourth-order valence-corrected chi connectivity index (χ4v) is 2.38. The van der Waals surface area contributed by atoms with Gasteiger partial charge in [0.1, 0.15) is 17.8 Å². The summed E-state index contributed by atoms with van der Waals surface area (Å²) in [5, 5.41) is 23.2. The highest BCUT2D eigenvalue weighted by Gasteiger charge is 2.27. The Hall–Kier alpha value is -2.79. The van der Waals surface area contributed by atoms with Crippen LogP contribution in [-0.4, -0.2) is 57.8 Å². The Bertz CT molecular complexity index is 697. The lowest BCUT2D eigenvalue weighted by Crippen LogP contribution is -2.56. The molecule has 8 N–H and O–H groups in total. The predicted octanol–water partition coefficient (Wildman–Crippen LogP) is -1.88. The second-order valence-corrected chi connectivity index (χ2v) is 6.16. The minimum Gasteiger partial charge on any atom is -0.508 e. The van der Waals surface area contributed by atoms with Crippen molar-refractivity contribution in [3.05, 3.63) is 29.8 Å². The van der Waals surface area contributed by atoms with Gasteiger partial charge in [-0.1, -0.05) is 12.1 Å². The minimum atomic E-state index is -1.27. The number of amides is 3. The molecule has 11 heteroatoms. The largest absolute Gasteiger partial charge is 0.508 e. The third-order valence-electron chi connectivity index (χ3n) is 3.56. The number of hydrogen-bond acceptors (Lipinski definition) is 7. The lowest BCUT2D eigenvalue weighted by molar-refractivity contribution is -0.142. The van der Waals surface area contributed by atoms with Gasteiger partial charge in [-0.25, -0.2) is 4.79 Å². The standard InChI is InChI=1S/C16H22N4O6S/c17-10(6-13(18)22)14(23)20-12(7-27)15(24)19-11(16(25)26)5-8-1-3-9(21)4-2-8/h1-4,10-12,21,27H,5-7,17H2,(H2,18,22)(H,19,24)(H,20,23)(H,25,26). The maximum Gasteiger partial charge on any atom is 0.326 e. The minimum absolute atomic E-state index is 0.0276. The summed E-state index contributed by atoms with van der Waals surface area (Å²) in [6.07, 6.45) is -0.429. The second kappa shape index (κ2) is 10.4. The van der Waals surface area contributed by atoms with Crippen LogP contribution in [0, 0.1) is 0 Å². The number of benzene rings is 1. The molecule has 1 aromatic carbocycles. The van der Waals surface area contributed by atoms with Crippen LogP contribution in [0.15, 0.2) is 24.3 Å². The zero-order valence-corrected chi connectivity index (χ0v) is 15.2. The van der Waals surface area contributed by atoms with E-state index in [9.17, 15) is 29.4 Å². The number of thiol groups is 1. The molecule has 3 amide bonds. The van der Waals surface area contributed by atoms with Gasteiger partial charge in [0.2, 0.25) is 17.7 Å². The van der Waals surface area contributed by atoms with E-state index in [0.717, 1.165) is 0 Å². The lowest BCUT2D eigenvalue weighted by Gasteiger charge is -2.21. The van der Waals surface area contributed by atoms with Gasteiger partial charge in [0.15, 0.2) is 0 Å². The van der Waals surface area contributed by atoms with Gasteiger partial charge < -0.3 is 32.3 Å². The molecule has 0 aliphatic carbocycles. The first kappa shape index (κ1) is 22.3. The Labute approximate surface area is 160 Å². The van der Waals surface area contributed by atoms with Crippen LogP contribution in [0.25, 0.3) is 0 Å². The molecular formula is C16H22N4O6S. The van der Waals surface area contributed by atoms with Crippen LogP contribution in [0.1, 0.15) is 12.0 Å². The molecule has 0 aromatic heterocycles. The van der Waals surface area contributed by atoms with Crippen LogP contribution >= 0.6 is 12.6 Å². The number of carbonyl (C=O) groups excluding carboxylic acids is 3. The average Bonchev–Trinajstić information content (AvgIpc) is 2.59. The van der Waals surface area contributed by atoms with Crippen molar-refractivity contribution in [2.24, 2.45) is 11.5 Å². The van der Waals surface area contributed by atoms with E-state index in [1.165, 1.54) is 24.3 Å². The van der Waals surface area contributed by atoms with Gasteiger partial charge in [0.05, 0.1) is 12.5 Å². The molecule has 0 spiro atoms. The van der Waals surface area contributed by atoms with E-state index in [1.54, 1.807) is 0 Å². The van der Waals surface area contributed by atoms with Crippen molar-refractivity contribution < 1.29 is 29.4 Å². The van der Waals surface area contributed by atoms with Gasteiger partial charge in [0.25, 0.3) is 0 Å². The van der Waals surface area contributed by atoms with Crippen molar-refractivity contribution in [3.8, 4) is 5.75 Å². The topological polar surface area (TPSA) is 185 Å². The van der Waals surface area contributed by atoms with E-state index in [-0.39, 0.29) is 17.9 Å². The fourth-order valence-electron chi connectivity index (χ4n) is 2.12. The third-order valence-corrected chi connectivity index (χ3v) is 3.93. The van der Waals surface area contributed by atoms with Crippen molar-refractivity contribution in [3.63, 3.8) is 0 Å². The predicted molar refractivity (Wildman–Crippen MR) is 98.9 cm³/mol. The van der Waals surface area contributed by atoms with Crippen LogP contribution in [0.4, 0.5) is 0 Å². The van der Waals surface area contributed by atoms with Crippen molar-refractivity contribution in [2.45, 2.75) is 31.0 Å². The first-order valence-electron chi connectivity index (χ1n) is 7.90. The number of nitrogens with two attached hydrogens (primary N) is 2. The number of carbonyl (C=O) groups is 4. The van der Waals surface area contributed by atoms with Crippen molar-refractivity contribution in [1.82, 2.24) is 10.6 Å². The molecule has 148 valence electrons. The van der Waals surface area contributed by atoms with Crippen LogP contribution in [0.3, 0.4) is 0 Å². The summed E-state index contributed by atoms with van der Waals surface area (Å²) < 4.78 is 0. The van der Waals surface area contributed by atoms with Crippen LogP contribution in [-0.2, 0) is 25.6 Å². The summed E-state index contributed by atoms with van der Waals surface area (Å²) in [4.78, 5) is 46.4. The number of nitrogens with one attached hydrogen (secondary N) is 2. The maximum absolute atomic E-state index is 12.3. The Morgan fingerprint density at radius 1 is 1.04 bits per heavy atom. The van der Waals surface area contributed by atoms with Crippen molar-refractivity contribution in [2.75, 3.05) is 5.75 Å². The monoisotopic (exact) mass is 398 g/mol. The first-order chi connectivity index (χ1) is 12.6. The fraction of sp³-hybridized carbons (Fsp3) is 0.375. The van der Waals surface area contributed by atoms with Crippen molar-refractivity contribution >= 4 is 36.3 Å². The normalized spacial score (nSPS) is 13.9. The van der Waals surface area contributed by atoms with E-state index < -0.39 is 48.2 Å². The lowest BCUT2D eigenvalue weighted by atomic mass is 10.1. The van der Waals surface area contributed by atoms with Gasteiger partial charge in [-0.05, 0) is 17.7 Å². The molecule has 3 atom stereocenters. The highest BCUT2D eigenvalue weighted by atomic mass is 32.1. The van der Waals surface area contributed by atoms with E-state index in [1.807, 2.05) is 0 Å². The summed E-state index contributed by atoms with van der Waals surface area (Å²) in [5.74, 6) is -3.69. The van der Waals surface area contributed by atoms with E-state index in [4.69, 9.17) is 11.5 Å². The highest BCUT2D eigenvalue weighted by molar-refractivity contribution is 7.80. The molecule has 0 saturated carbocycles. The number of primary amides is 1. The zero-order chi connectivity index (χ0) is 20.6.